The van der Waals surface area contributed by atoms with Crippen LogP contribution >= 0.6 is 11.6 Å². The monoisotopic (exact) mass is 266 g/mol. The largest absolute Gasteiger partial charge is 0.454 e. The van der Waals surface area contributed by atoms with Crippen molar-refractivity contribution >= 4 is 17.6 Å². The van der Waals surface area contributed by atoms with Crippen LogP contribution in [0.3, 0.4) is 0 Å². The fraction of sp³-hybridized carbons (Fsp3) is 0.400. The van der Waals surface area contributed by atoms with Gasteiger partial charge in [0, 0.05) is 11.5 Å². The quantitative estimate of drug-likeness (QED) is 0.463. The summed E-state index contributed by atoms with van der Waals surface area (Å²) in [4.78, 5) is 11.5. The van der Waals surface area contributed by atoms with E-state index in [9.17, 15) is 4.79 Å². The molecule has 0 fully saturated rings. The zero-order valence-electron chi connectivity index (χ0n) is 11.3. The summed E-state index contributed by atoms with van der Waals surface area (Å²) < 4.78 is 5.34. The molecule has 0 saturated heterocycles. The van der Waals surface area contributed by atoms with E-state index in [2.05, 4.69) is 6.58 Å². The lowest BCUT2D eigenvalue weighted by molar-refractivity contribution is -0.143. The number of esters is 1. The van der Waals surface area contributed by atoms with Gasteiger partial charge in [-0.05, 0) is 49.9 Å². The highest BCUT2D eigenvalue weighted by molar-refractivity contribution is 6.17. The Labute approximate surface area is 114 Å². The lowest BCUT2D eigenvalue weighted by Crippen LogP contribution is -2.11. The highest BCUT2D eigenvalue weighted by Gasteiger charge is 2.16. The fourth-order valence-corrected chi connectivity index (χ4v) is 2.10. The van der Waals surface area contributed by atoms with E-state index in [1.165, 1.54) is 0 Å². The van der Waals surface area contributed by atoms with Crippen LogP contribution in [-0.2, 0) is 15.4 Å². The summed E-state index contributed by atoms with van der Waals surface area (Å²) in [5.41, 5.74) is 4.80. The van der Waals surface area contributed by atoms with Gasteiger partial charge >= 0.3 is 5.97 Å². The molecule has 0 aliphatic rings. The van der Waals surface area contributed by atoms with Gasteiger partial charge in [0.15, 0.2) is 0 Å². The second kappa shape index (κ2) is 6.05. The summed E-state index contributed by atoms with van der Waals surface area (Å²) >= 11 is 5.87. The van der Waals surface area contributed by atoms with E-state index in [1.54, 1.807) is 6.92 Å². The topological polar surface area (TPSA) is 26.3 Å². The molecule has 3 heteroatoms. The number of benzene rings is 1. The Morgan fingerprint density at radius 1 is 1.39 bits per heavy atom. The van der Waals surface area contributed by atoms with Crippen LogP contribution in [-0.4, -0.2) is 5.97 Å². The molecular formula is C15H19ClO2. The molecule has 18 heavy (non-hydrogen) atoms. The number of ether oxygens (including phenoxy) is 1. The van der Waals surface area contributed by atoms with Gasteiger partial charge in [-0.3, -0.25) is 0 Å². The first-order valence-electron chi connectivity index (χ1n) is 5.90. The van der Waals surface area contributed by atoms with Gasteiger partial charge in [-0.1, -0.05) is 18.7 Å². The molecule has 2 nitrogen and oxygen atoms in total. The van der Waals surface area contributed by atoms with E-state index >= 15 is 0 Å². The minimum atomic E-state index is -0.360. The van der Waals surface area contributed by atoms with Gasteiger partial charge in [0.2, 0.25) is 0 Å². The van der Waals surface area contributed by atoms with Crippen molar-refractivity contribution in [1.82, 2.24) is 0 Å². The van der Waals surface area contributed by atoms with Gasteiger partial charge in [-0.2, -0.15) is 0 Å². The van der Waals surface area contributed by atoms with Crippen LogP contribution in [0.25, 0.3) is 0 Å². The molecule has 0 aliphatic heterocycles. The number of halogens is 1. The van der Waals surface area contributed by atoms with Crippen LogP contribution < -0.4 is 0 Å². The minimum absolute atomic E-state index is 0.280. The smallest absolute Gasteiger partial charge is 0.333 e. The van der Waals surface area contributed by atoms with E-state index in [0.29, 0.717) is 11.5 Å². The van der Waals surface area contributed by atoms with Gasteiger partial charge in [0.25, 0.3) is 0 Å². The van der Waals surface area contributed by atoms with Gasteiger partial charge in [0.05, 0.1) is 0 Å². The Hall–Kier alpha value is -1.28. The predicted molar refractivity (Wildman–Crippen MR) is 74.8 cm³/mol. The number of hydrogen-bond acceptors (Lipinski definition) is 2. The highest BCUT2D eigenvalue weighted by Crippen LogP contribution is 2.26. The van der Waals surface area contributed by atoms with Crippen molar-refractivity contribution in [3.8, 4) is 0 Å². The maximum Gasteiger partial charge on any atom is 0.333 e. The molecule has 1 aromatic rings. The number of rotatable bonds is 4. The maximum atomic E-state index is 11.5. The van der Waals surface area contributed by atoms with E-state index in [-0.39, 0.29) is 12.1 Å². The Kier molecular flexibility index (Phi) is 4.97. The normalized spacial score (nSPS) is 12.1. The fourth-order valence-electron chi connectivity index (χ4n) is 1.81. The average molecular weight is 267 g/mol. The van der Waals surface area contributed by atoms with Gasteiger partial charge in [-0.25, -0.2) is 4.79 Å². The lowest BCUT2D eigenvalue weighted by atomic mass is 9.96. The third kappa shape index (κ3) is 3.14. The van der Waals surface area contributed by atoms with Crippen molar-refractivity contribution in [1.29, 1.82) is 0 Å². The minimum Gasteiger partial charge on any atom is -0.454 e. The predicted octanol–water partition coefficient (Wildman–Crippen LogP) is 4.22. The Morgan fingerprint density at radius 2 is 2.00 bits per heavy atom. The molecule has 0 heterocycles. The van der Waals surface area contributed by atoms with Crippen LogP contribution in [0.5, 0.6) is 0 Å². The summed E-state index contributed by atoms with van der Waals surface area (Å²) in [6, 6.07) is 3.95. The standard InChI is InChI=1S/C15H19ClO2/c1-9(2)15(17)18-12(5)14-7-6-13(8-16)10(3)11(14)4/h6-7,12H,1,8H2,2-5H3. The first-order chi connectivity index (χ1) is 8.38. The summed E-state index contributed by atoms with van der Waals surface area (Å²) in [6.07, 6.45) is -0.280. The van der Waals surface area contributed by atoms with Crippen LogP contribution in [0.1, 0.15) is 42.2 Å². The van der Waals surface area contributed by atoms with Crippen molar-refractivity contribution in [3.05, 3.63) is 46.5 Å². The van der Waals surface area contributed by atoms with E-state index in [1.807, 2.05) is 32.9 Å². The van der Waals surface area contributed by atoms with Crippen LogP contribution in [0.2, 0.25) is 0 Å². The van der Waals surface area contributed by atoms with Crippen LogP contribution in [0, 0.1) is 13.8 Å². The van der Waals surface area contributed by atoms with Crippen molar-refractivity contribution in [3.63, 3.8) is 0 Å². The highest BCUT2D eigenvalue weighted by atomic mass is 35.5. The molecule has 1 atom stereocenters. The Bertz CT molecular complexity index is 478. The third-order valence-electron chi connectivity index (χ3n) is 3.16. The number of hydrogen-bond donors (Lipinski definition) is 0. The average Bonchev–Trinajstić information content (AvgIpc) is 2.32. The molecule has 0 saturated carbocycles. The molecule has 98 valence electrons. The number of carbonyl (C=O) groups excluding carboxylic acids is 1. The van der Waals surface area contributed by atoms with Crippen LogP contribution in [0.4, 0.5) is 0 Å². The van der Waals surface area contributed by atoms with Crippen molar-refractivity contribution in [2.75, 3.05) is 0 Å². The molecule has 0 N–H and O–H groups in total. The van der Waals surface area contributed by atoms with Gasteiger partial charge in [0.1, 0.15) is 6.10 Å². The summed E-state index contributed by atoms with van der Waals surface area (Å²) in [5, 5.41) is 0. The molecule has 0 radical (unpaired) electrons. The molecule has 0 aliphatic carbocycles. The third-order valence-corrected chi connectivity index (χ3v) is 3.44. The lowest BCUT2D eigenvalue weighted by Gasteiger charge is -2.18. The zero-order valence-corrected chi connectivity index (χ0v) is 12.1. The molecule has 1 aromatic carbocycles. The van der Waals surface area contributed by atoms with Crippen LogP contribution in [0.15, 0.2) is 24.3 Å². The molecule has 0 spiro atoms. The number of carbonyl (C=O) groups is 1. The maximum absolute atomic E-state index is 11.5. The SMILES string of the molecule is C=C(C)C(=O)OC(C)c1ccc(CCl)c(C)c1C. The zero-order chi connectivity index (χ0) is 13.9. The van der Waals surface area contributed by atoms with E-state index in [0.717, 1.165) is 22.3 Å². The second-order valence-electron chi connectivity index (χ2n) is 4.53. The summed E-state index contributed by atoms with van der Waals surface area (Å²) in [5.74, 6) is 0.133. The van der Waals surface area contributed by atoms with Gasteiger partial charge in [-0.15, -0.1) is 11.6 Å². The van der Waals surface area contributed by atoms with Crippen molar-refractivity contribution in [2.24, 2.45) is 0 Å². The summed E-state index contributed by atoms with van der Waals surface area (Å²) in [6.45, 7) is 11.1. The van der Waals surface area contributed by atoms with Gasteiger partial charge < -0.3 is 4.74 Å². The Balaban J connectivity index is 3.00. The summed E-state index contributed by atoms with van der Waals surface area (Å²) in [7, 11) is 0. The van der Waals surface area contributed by atoms with Crippen molar-refractivity contribution < 1.29 is 9.53 Å². The molecular weight excluding hydrogens is 248 g/mol. The first kappa shape index (κ1) is 14.8. The molecule has 0 bridgehead atoms. The first-order valence-corrected chi connectivity index (χ1v) is 6.43. The van der Waals surface area contributed by atoms with E-state index in [4.69, 9.17) is 16.3 Å². The molecule has 1 unspecified atom stereocenters. The van der Waals surface area contributed by atoms with Crippen molar-refractivity contribution in [2.45, 2.75) is 39.7 Å². The Morgan fingerprint density at radius 3 is 2.50 bits per heavy atom. The van der Waals surface area contributed by atoms with E-state index < -0.39 is 0 Å². The second-order valence-corrected chi connectivity index (χ2v) is 4.79. The molecule has 0 aromatic heterocycles. The molecule has 1 rings (SSSR count). The molecule has 0 amide bonds. The number of alkyl halides is 1.